The van der Waals surface area contributed by atoms with Gasteiger partial charge in [-0.15, -0.1) is 0 Å². The van der Waals surface area contributed by atoms with E-state index in [1.807, 2.05) is 0 Å². The number of rotatable bonds is 59. The Morgan fingerprint density at radius 3 is 0.822 bits per heavy atom. The standard InChI is InChI=1S/C67H122O6/c1-4-7-10-13-16-19-22-25-28-31-32-33-34-37-39-42-45-48-51-54-57-60-66(69)72-63-64(73-67(70)61-58-55-52-49-46-43-40-36-30-27-24-21-18-15-12-9-6-3)62-71-65(68)59-56-53-50-47-44-41-38-35-29-26-23-20-17-14-11-8-5-2/h25,27-28,30,40,43,49,52,64H,4-24,26,29,31-39,41-42,44-48,50-51,53-63H2,1-3H3/b28-25-,30-27-,43-40-,52-49-/t64-/m0/s1. The maximum Gasteiger partial charge on any atom is 0.306 e. The lowest BCUT2D eigenvalue weighted by Crippen LogP contribution is -2.30. The molecule has 0 spiro atoms. The van der Waals surface area contributed by atoms with Crippen LogP contribution in [0, 0.1) is 0 Å². The fourth-order valence-corrected chi connectivity index (χ4v) is 9.46. The van der Waals surface area contributed by atoms with Crippen LogP contribution in [0.25, 0.3) is 0 Å². The van der Waals surface area contributed by atoms with Gasteiger partial charge < -0.3 is 14.2 Å². The molecule has 0 saturated carbocycles. The van der Waals surface area contributed by atoms with Gasteiger partial charge >= 0.3 is 17.9 Å². The van der Waals surface area contributed by atoms with Crippen LogP contribution in [0.3, 0.4) is 0 Å². The molecule has 0 rings (SSSR count). The van der Waals surface area contributed by atoms with Crippen LogP contribution in [0.1, 0.15) is 342 Å². The summed E-state index contributed by atoms with van der Waals surface area (Å²) in [6, 6.07) is 0. The first-order chi connectivity index (χ1) is 36.0. The molecule has 0 amide bonds. The third-order valence-corrected chi connectivity index (χ3v) is 14.3. The summed E-state index contributed by atoms with van der Waals surface area (Å²) >= 11 is 0. The van der Waals surface area contributed by atoms with Gasteiger partial charge in [-0.05, 0) is 77.0 Å². The molecular formula is C67H122O6. The maximum atomic E-state index is 12.9. The topological polar surface area (TPSA) is 78.9 Å². The third-order valence-electron chi connectivity index (χ3n) is 14.3. The molecule has 0 radical (unpaired) electrons. The summed E-state index contributed by atoms with van der Waals surface area (Å²) < 4.78 is 16.9. The molecule has 0 aliphatic heterocycles. The van der Waals surface area contributed by atoms with Crippen LogP contribution >= 0.6 is 0 Å². The average Bonchev–Trinajstić information content (AvgIpc) is 3.39. The predicted molar refractivity (Wildman–Crippen MR) is 316 cm³/mol. The minimum absolute atomic E-state index is 0.0893. The van der Waals surface area contributed by atoms with Crippen molar-refractivity contribution in [1.29, 1.82) is 0 Å². The van der Waals surface area contributed by atoms with Gasteiger partial charge in [-0.1, -0.05) is 294 Å². The molecule has 0 aromatic carbocycles. The quantitative estimate of drug-likeness (QED) is 0.0261. The molecule has 73 heavy (non-hydrogen) atoms. The van der Waals surface area contributed by atoms with Gasteiger partial charge in [0.15, 0.2) is 6.10 Å². The number of hydrogen-bond acceptors (Lipinski definition) is 6. The second-order valence-corrected chi connectivity index (χ2v) is 21.7. The lowest BCUT2D eigenvalue weighted by atomic mass is 10.0. The number of esters is 3. The summed E-state index contributed by atoms with van der Waals surface area (Å²) in [7, 11) is 0. The minimum Gasteiger partial charge on any atom is -0.462 e. The number of carbonyl (C=O) groups is 3. The second-order valence-electron chi connectivity index (χ2n) is 21.7. The zero-order valence-electron chi connectivity index (χ0n) is 48.9. The van der Waals surface area contributed by atoms with Crippen molar-refractivity contribution in [3.05, 3.63) is 48.6 Å². The SMILES string of the molecule is CCCCCCCC/C=C\C/C=C\C/C=C\CCCC(=O)O[C@H](COC(=O)CCCCCCCCCCCCC/C=C\CCCCCCCC)COC(=O)CCCCCCCCCCCCCCCCCCC. The Hall–Kier alpha value is -2.63. The van der Waals surface area contributed by atoms with E-state index in [0.717, 1.165) is 57.8 Å². The van der Waals surface area contributed by atoms with Crippen molar-refractivity contribution >= 4 is 17.9 Å². The van der Waals surface area contributed by atoms with Gasteiger partial charge in [-0.3, -0.25) is 14.4 Å². The predicted octanol–water partition coefficient (Wildman–Crippen LogP) is 21.8. The largest absolute Gasteiger partial charge is 0.462 e. The summed E-state index contributed by atoms with van der Waals surface area (Å²) in [5, 5.41) is 0. The smallest absolute Gasteiger partial charge is 0.306 e. The van der Waals surface area contributed by atoms with E-state index < -0.39 is 6.10 Å². The van der Waals surface area contributed by atoms with Crippen molar-refractivity contribution in [3.63, 3.8) is 0 Å². The average molecular weight is 1020 g/mol. The summed E-state index contributed by atoms with van der Waals surface area (Å²) in [6.45, 7) is 6.64. The number of ether oxygens (including phenoxy) is 3. The highest BCUT2D eigenvalue weighted by Gasteiger charge is 2.19. The van der Waals surface area contributed by atoms with Crippen LogP contribution in [0.4, 0.5) is 0 Å². The van der Waals surface area contributed by atoms with Crippen LogP contribution in [0.2, 0.25) is 0 Å². The highest BCUT2D eigenvalue weighted by molar-refractivity contribution is 5.71. The van der Waals surface area contributed by atoms with Crippen LogP contribution in [-0.2, 0) is 28.6 Å². The molecule has 0 aromatic heterocycles. The van der Waals surface area contributed by atoms with Crippen molar-refractivity contribution in [3.8, 4) is 0 Å². The van der Waals surface area contributed by atoms with Crippen LogP contribution in [-0.4, -0.2) is 37.2 Å². The molecule has 0 aliphatic carbocycles. The maximum absolute atomic E-state index is 12.9. The van der Waals surface area contributed by atoms with Gasteiger partial charge in [0.25, 0.3) is 0 Å². The van der Waals surface area contributed by atoms with Gasteiger partial charge in [0, 0.05) is 19.3 Å². The van der Waals surface area contributed by atoms with Crippen molar-refractivity contribution in [1.82, 2.24) is 0 Å². The zero-order valence-corrected chi connectivity index (χ0v) is 48.9. The Kier molecular flexibility index (Phi) is 59.7. The number of unbranched alkanes of at least 4 members (excludes halogenated alkanes) is 40. The van der Waals surface area contributed by atoms with Crippen LogP contribution in [0.5, 0.6) is 0 Å². The molecule has 1 atom stereocenters. The highest BCUT2D eigenvalue weighted by atomic mass is 16.6. The van der Waals surface area contributed by atoms with Gasteiger partial charge in [0.2, 0.25) is 0 Å². The van der Waals surface area contributed by atoms with E-state index in [-0.39, 0.29) is 37.5 Å². The molecule has 0 aliphatic rings. The molecule has 6 heteroatoms. The molecule has 0 saturated heterocycles. The normalized spacial score (nSPS) is 12.3. The third kappa shape index (κ3) is 60.1. The Morgan fingerprint density at radius 1 is 0.274 bits per heavy atom. The molecule has 0 bridgehead atoms. The van der Waals surface area contributed by atoms with Crippen LogP contribution in [0.15, 0.2) is 48.6 Å². The van der Waals surface area contributed by atoms with Gasteiger partial charge in [0.05, 0.1) is 0 Å². The molecule has 6 nitrogen and oxygen atoms in total. The van der Waals surface area contributed by atoms with Gasteiger partial charge in [0.1, 0.15) is 13.2 Å². The second kappa shape index (κ2) is 61.9. The molecule has 0 N–H and O–H groups in total. The molecule has 0 unspecified atom stereocenters. The summed E-state index contributed by atoms with van der Waals surface area (Å²) in [5.74, 6) is -0.922. The Morgan fingerprint density at radius 2 is 0.507 bits per heavy atom. The Bertz CT molecular complexity index is 1270. The Balaban J connectivity index is 4.38. The van der Waals surface area contributed by atoms with Crippen molar-refractivity contribution < 1.29 is 28.6 Å². The first kappa shape index (κ1) is 70.4. The van der Waals surface area contributed by atoms with Crippen molar-refractivity contribution in [2.24, 2.45) is 0 Å². The van der Waals surface area contributed by atoms with Crippen molar-refractivity contribution in [2.45, 2.75) is 348 Å². The fourth-order valence-electron chi connectivity index (χ4n) is 9.46. The molecule has 0 fully saturated rings. The van der Waals surface area contributed by atoms with Crippen LogP contribution < -0.4 is 0 Å². The van der Waals surface area contributed by atoms with E-state index in [9.17, 15) is 14.4 Å². The highest BCUT2D eigenvalue weighted by Crippen LogP contribution is 2.17. The summed E-state index contributed by atoms with van der Waals surface area (Å²) in [4.78, 5) is 38.3. The first-order valence-corrected chi connectivity index (χ1v) is 32.1. The Labute approximate surface area is 454 Å². The van der Waals surface area contributed by atoms with E-state index in [0.29, 0.717) is 19.3 Å². The zero-order chi connectivity index (χ0) is 52.9. The van der Waals surface area contributed by atoms with E-state index >= 15 is 0 Å². The number of hydrogen-bond donors (Lipinski definition) is 0. The summed E-state index contributed by atoms with van der Waals surface area (Å²) in [6.07, 6.45) is 76.9. The molecule has 426 valence electrons. The monoisotopic (exact) mass is 1020 g/mol. The van der Waals surface area contributed by atoms with E-state index in [1.165, 1.54) is 238 Å². The van der Waals surface area contributed by atoms with Gasteiger partial charge in [-0.25, -0.2) is 0 Å². The van der Waals surface area contributed by atoms with E-state index in [2.05, 4.69) is 69.4 Å². The molecular weight excluding hydrogens is 901 g/mol. The molecule has 0 heterocycles. The molecule has 0 aromatic rings. The first-order valence-electron chi connectivity index (χ1n) is 32.1. The fraction of sp³-hybridized carbons (Fsp3) is 0.836. The number of allylic oxidation sites excluding steroid dienone is 8. The van der Waals surface area contributed by atoms with Gasteiger partial charge in [-0.2, -0.15) is 0 Å². The number of carbonyl (C=O) groups excluding carboxylic acids is 3. The lowest BCUT2D eigenvalue weighted by molar-refractivity contribution is -0.167. The van der Waals surface area contributed by atoms with Crippen molar-refractivity contribution in [2.75, 3.05) is 13.2 Å². The van der Waals surface area contributed by atoms with E-state index in [1.54, 1.807) is 0 Å². The lowest BCUT2D eigenvalue weighted by Gasteiger charge is -2.18. The van der Waals surface area contributed by atoms with E-state index in [4.69, 9.17) is 14.2 Å². The minimum atomic E-state index is -0.798. The summed E-state index contributed by atoms with van der Waals surface area (Å²) in [5.41, 5.74) is 0.